The molecular formula is C24H17F7O2. The highest BCUT2D eigenvalue weighted by molar-refractivity contribution is 5.78. The van der Waals surface area contributed by atoms with Gasteiger partial charge < -0.3 is 4.74 Å². The third-order valence-corrected chi connectivity index (χ3v) is 4.99. The van der Waals surface area contributed by atoms with Crippen molar-refractivity contribution >= 4 is 5.97 Å². The SMILES string of the molecule is CCc1ccc(-c2cc(F)c(CCc3ccc(OC(=O)C(F)(F)F)c(F)c3)c(F)c2)c(F)c1. The average molecular weight is 470 g/mol. The van der Waals surface area contributed by atoms with Gasteiger partial charge in [-0.25, -0.2) is 22.4 Å². The summed E-state index contributed by atoms with van der Waals surface area (Å²) in [7, 11) is 0. The number of hydrogen-bond donors (Lipinski definition) is 0. The van der Waals surface area contributed by atoms with Crippen LogP contribution in [-0.2, 0) is 24.1 Å². The van der Waals surface area contributed by atoms with E-state index in [1.807, 2.05) is 6.92 Å². The Labute approximate surface area is 184 Å². The summed E-state index contributed by atoms with van der Waals surface area (Å²) >= 11 is 0. The number of carbonyl (C=O) groups is 1. The number of halogens is 7. The smallest absolute Gasteiger partial charge is 0.417 e. The third kappa shape index (κ3) is 5.71. The normalized spacial score (nSPS) is 11.5. The van der Waals surface area contributed by atoms with Crippen LogP contribution in [-0.4, -0.2) is 12.1 Å². The zero-order valence-corrected chi connectivity index (χ0v) is 17.2. The van der Waals surface area contributed by atoms with Crippen LogP contribution in [0.15, 0.2) is 48.5 Å². The van der Waals surface area contributed by atoms with E-state index in [1.54, 1.807) is 6.07 Å². The van der Waals surface area contributed by atoms with E-state index in [0.29, 0.717) is 6.42 Å². The Kier molecular flexibility index (Phi) is 7.09. The van der Waals surface area contributed by atoms with Gasteiger partial charge in [0, 0.05) is 11.1 Å². The highest BCUT2D eigenvalue weighted by Gasteiger charge is 2.41. The first-order chi connectivity index (χ1) is 15.5. The molecule has 9 heteroatoms. The molecule has 0 aliphatic carbocycles. The summed E-state index contributed by atoms with van der Waals surface area (Å²) in [6, 6.07) is 9.22. The minimum absolute atomic E-state index is 0.0239. The quantitative estimate of drug-likeness (QED) is 0.227. The van der Waals surface area contributed by atoms with Gasteiger partial charge in [0.2, 0.25) is 0 Å². The number of carbonyl (C=O) groups excluding carboxylic acids is 1. The predicted octanol–water partition coefficient (Wildman–Crippen LogP) is 6.73. The van der Waals surface area contributed by atoms with E-state index in [-0.39, 0.29) is 35.1 Å². The van der Waals surface area contributed by atoms with E-state index in [1.165, 1.54) is 18.2 Å². The van der Waals surface area contributed by atoms with E-state index < -0.39 is 41.2 Å². The van der Waals surface area contributed by atoms with Crippen molar-refractivity contribution in [3.63, 3.8) is 0 Å². The molecule has 0 N–H and O–H groups in total. The molecule has 0 saturated heterocycles. The van der Waals surface area contributed by atoms with E-state index in [0.717, 1.165) is 29.8 Å². The second-order valence-electron chi connectivity index (χ2n) is 7.24. The molecule has 0 bridgehead atoms. The summed E-state index contributed by atoms with van der Waals surface area (Å²) in [6.45, 7) is 1.84. The third-order valence-electron chi connectivity index (χ3n) is 4.99. The van der Waals surface area contributed by atoms with E-state index in [9.17, 15) is 35.5 Å². The zero-order valence-electron chi connectivity index (χ0n) is 17.2. The number of aryl methyl sites for hydroxylation is 2. The van der Waals surface area contributed by atoms with Crippen molar-refractivity contribution in [2.24, 2.45) is 0 Å². The van der Waals surface area contributed by atoms with Gasteiger partial charge in [0.05, 0.1) is 0 Å². The second kappa shape index (κ2) is 9.64. The molecule has 174 valence electrons. The molecular weight excluding hydrogens is 453 g/mol. The van der Waals surface area contributed by atoms with Crippen LogP contribution in [0.2, 0.25) is 0 Å². The van der Waals surface area contributed by atoms with Crippen LogP contribution in [0.4, 0.5) is 30.7 Å². The van der Waals surface area contributed by atoms with Crippen molar-refractivity contribution in [2.45, 2.75) is 32.4 Å². The molecule has 3 aromatic rings. The molecule has 0 spiro atoms. The molecule has 3 rings (SSSR count). The van der Waals surface area contributed by atoms with Gasteiger partial charge in [-0.3, -0.25) is 0 Å². The molecule has 0 amide bonds. The maximum atomic E-state index is 14.6. The van der Waals surface area contributed by atoms with Crippen molar-refractivity contribution in [1.82, 2.24) is 0 Å². The highest BCUT2D eigenvalue weighted by Crippen LogP contribution is 2.29. The Hall–Kier alpha value is -3.36. The monoisotopic (exact) mass is 470 g/mol. The minimum Gasteiger partial charge on any atom is -0.417 e. The topological polar surface area (TPSA) is 26.3 Å². The molecule has 0 heterocycles. The van der Waals surface area contributed by atoms with Gasteiger partial charge in [-0.1, -0.05) is 25.1 Å². The number of hydrogen-bond acceptors (Lipinski definition) is 2. The fraction of sp³-hybridized carbons (Fsp3) is 0.208. The second-order valence-corrected chi connectivity index (χ2v) is 7.24. The molecule has 0 fully saturated rings. The molecule has 0 aromatic heterocycles. The molecule has 0 aliphatic heterocycles. The summed E-state index contributed by atoms with van der Waals surface area (Å²) in [5, 5.41) is 0. The van der Waals surface area contributed by atoms with E-state index >= 15 is 0 Å². The van der Waals surface area contributed by atoms with Crippen molar-refractivity contribution in [3.8, 4) is 16.9 Å². The molecule has 0 aliphatic rings. The lowest BCUT2D eigenvalue weighted by molar-refractivity contribution is -0.189. The maximum Gasteiger partial charge on any atom is 0.491 e. The van der Waals surface area contributed by atoms with Crippen LogP contribution in [0.1, 0.15) is 23.6 Å². The first-order valence-corrected chi connectivity index (χ1v) is 9.83. The summed E-state index contributed by atoms with van der Waals surface area (Å²) < 4.78 is 98.1. The van der Waals surface area contributed by atoms with Crippen LogP contribution in [0, 0.1) is 23.3 Å². The van der Waals surface area contributed by atoms with Crippen LogP contribution in [0.25, 0.3) is 11.1 Å². The molecule has 0 saturated carbocycles. The lowest BCUT2D eigenvalue weighted by Crippen LogP contribution is -2.28. The largest absolute Gasteiger partial charge is 0.491 e. The lowest BCUT2D eigenvalue weighted by atomic mass is 9.97. The summed E-state index contributed by atoms with van der Waals surface area (Å²) in [5.74, 6) is -7.16. The van der Waals surface area contributed by atoms with Crippen molar-refractivity contribution in [3.05, 3.63) is 88.5 Å². The predicted molar refractivity (Wildman–Crippen MR) is 107 cm³/mol. The standard InChI is InChI=1S/C24H17F7O2/c1-2-13-3-6-16(18(25)9-13)15-11-19(26)17(20(27)12-15)7-4-14-5-8-22(21(28)10-14)33-23(32)24(29,30)31/h3,5-6,8-12H,2,4,7H2,1H3. The molecule has 0 radical (unpaired) electrons. The fourth-order valence-electron chi connectivity index (χ4n) is 3.22. The van der Waals surface area contributed by atoms with E-state index in [2.05, 4.69) is 4.74 Å². The van der Waals surface area contributed by atoms with Crippen molar-refractivity contribution in [1.29, 1.82) is 0 Å². The number of esters is 1. The van der Waals surface area contributed by atoms with Crippen molar-refractivity contribution < 1.29 is 40.3 Å². The number of alkyl halides is 3. The maximum absolute atomic E-state index is 14.6. The average Bonchev–Trinajstić information content (AvgIpc) is 2.73. The minimum atomic E-state index is -5.28. The summed E-state index contributed by atoms with van der Waals surface area (Å²) in [6.07, 6.45) is -4.94. The first-order valence-electron chi connectivity index (χ1n) is 9.83. The lowest BCUT2D eigenvalue weighted by Gasteiger charge is -2.11. The van der Waals surface area contributed by atoms with Crippen LogP contribution < -0.4 is 4.74 Å². The van der Waals surface area contributed by atoms with Gasteiger partial charge in [-0.05, 0) is 66.3 Å². The van der Waals surface area contributed by atoms with Crippen LogP contribution >= 0.6 is 0 Å². The van der Waals surface area contributed by atoms with Crippen molar-refractivity contribution in [2.75, 3.05) is 0 Å². The molecule has 33 heavy (non-hydrogen) atoms. The van der Waals surface area contributed by atoms with Gasteiger partial charge in [0.1, 0.15) is 17.5 Å². The van der Waals surface area contributed by atoms with Crippen LogP contribution in [0.5, 0.6) is 5.75 Å². The fourth-order valence-corrected chi connectivity index (χ4v) is 3.22. The first kappa shape index (κ1) is 24.3. The summed E-state index contributed by atoms with van der Waals surface area (Å²) in [4.78, 5) is 10.8. The Morgan fingerprint density at radius 2 is 1.39 bits per heavy atom. The highest BCUT2D eigenvalue weighted by atomic mass is 19.4. The Morgan fingerprint density at radius 3 is 1.94 bits per heavy atom. The van der Waals surface area contributed by atoms with Gasteiger partial charge in [0.15, 0.2) is 11.6 Å². The number of benzene rings is 3. The zero-order chi connectivity index (χ0) is 24.3. The summed E-state index contributed by atoms with van der Waals surface area (Å²) in [5.41, 5.74) is 0.708. The number of rotatable bonds is 6. The Balaban J connectivity index is 1.76. The molecule has 3 aromatic carbocycles. The molecule has 0 unspecified atom stereocenters. The van der Waals surface area contributed by atoms with Crippen LogP contribution in [0.3, 0.4) is 0 Å². The molecule has 2 nitrogen and oxygen atoms in total. The Bertz CT molecular complexity index is 1160. The number of ether oxygens (including phenoxy) is 1. The van der Waals surface area contributed by atoms with E-state index in [4.69, 9.17) is 0 Å². The van der Waals surface area contributed by atoms with Gasteiger partial charge in [0.25, 0.3) is 0 Å². The van der Waals surface area contributed by atoms with Gasteiger partial charge in [-0.15, -0.1) is 0 Å². The molecule has 0 atom stereocenters. The van der Waals surface area contributed by atoms with Gasteiger partial charge >= 0.3 is 12.1 Å². The Morgan fingerprint density at radius 1 is 0.788 bits per heavy atom. The van der Waals surface area contributed by atoms with Gasteiger partial charge in [-0.2, -0.15) is 13.2 Å².